The van der Waals surface area contributed by atoms with Crippen LogP contribution < -0.4 is 5.73 Å². The third-order valence-electron chi connectivity index (χ3n) is 2.94. The average Bonchev–Trinajstić information content (AvgIpc) is 2.83. The van der Waals surface area contributed by atoms with Gasteiger partial charge in [-0.15, -0.1) is 15.3 Å². The monoisotopic (exact) mass is 291 g/mol. The summed E-state index contributed by atoms with van der Waals surface area (Å²) in [7, 11) is 1.85. The molecule has 0 saturated carbocycles. The molecule has 0 radical (unpaired) electrons. The zero-order chi connectivity index (χ0) is 14.7. The minimum Gasteiger partial charge on any atom is -0.384 e. The third-order valence-corrected chi connectivity index (χ3v) is 3.97. The number of nitrogens with two attached hydrogens (primary N) is 1. The molecule has 0 saturated heterocycles. The van der Waals surface area contributed by atoms with Crippen LogP contribution in [0, 0.1) is 5.41 Å². The van der Waals surface area contributed by atoms with Crippen LogP contribution in [0.5, 0.6) is 0 Å². The average molecular weight is 291 g/mol. The lowest BCUT2D eigenvalue weighted by Crippen LogP contribution is -2.18. The minimum absolute atomic E-state index is 0.0103. The van der Waals surface area contributed by atoms with E-state index in [0.29, 0.717) is 15.7 Å². The van der Waals surface area contributed by atoms with Gasteiger partial charge >= 0.3 is 0 Å². The van der Waals surface area contributed by atoms with Gasteiger partial charge in [-0.25, -0.2) is 0 Å². The van der Waals surface area contributed by atoms with Crippen molar-refractivity contribution in [3.05, 3.63) is 23.1 Å². The fraction of sp³-hybridized carbons (Fsp3) is 0.417. The Hall–Kier alpha value is -1.96. The fourth-order valence-electron chi connectivity index (χ4n) is 1.96. The van der Waals surface area contributed by atoms with Gasteiger partial charge < -0.3 is 10.3 Å². The molecule has 0 aromatic carbocycles. The molecule has 7 nitrogen and oxygen atoms in total. The van der Waals surface area contributed by atoms with Gasteiger partial charge in [0.15, 0.2) is 5.16 Å². The number of aromatic nitrogens is 5. The number of hydrogen-bond donors (Lipinski definition) is 2. The van der Waals surface area contributed by atoms with Gasteiger partial charge in [0, 0.05) is 7.05 Å². The van der Waals surface area contributed by atoms with Crippen molar-refractivity contribution in [3.8, 4) is 0 Å². The van der Waals surface area contributed by atoms with Crippen molar-refractivity contribution in [1.82, 2.24) is 25.0 Å². The zero-order valence-corrected chi connectivity index (χ0v) is 12.5. The quantitative estimate of drug-likeness (QED) is 0.632. The number of amidine groups is 1. The largest absolute Gasteiger partial charge is 0.384 e. The minimum atomic E-state index is 0.0103. The van der Waals surface area contributed by atoms with E-state index in [1.807, 2.05) is 20.9 Å². The number of nitrogens with zero attached hydrogens (tertiary/aromatic N) is 5. The van der Waals surface area contributed by atoms with Gasteiger partial charge in [-0.2, -0.15) is 5.10 Å². The molecule has 2 rings (SSSR count). The van der Waals surface area contributed by atoms with Crippen LogP contribution in [0.25, 0.3) is 0 Å². The molecule has 0 fully saturated rings. The highest BCUT2D eigenvalue weighted by Gasteiger charge is 2.19. The maximum Gasteiger partial charge on any atom is 0.197 e. The molecule has 2 heterocycles. The van der Waals surface area contributed by atoms with Crippen LogP contribution in [0.1, 0.15) is 30.7 Å². The van der Waals surface area contributed by atoms with Crippen molar-refractivity contribution < 1.29 is 0 Å². The summed E-state index contributed by atoms with van der Waals surface area (Å²) in [6.45, 7) is 4.04. The van der Waals surface area contributed by atoms with Crippen LogP contribution in [0.2, 0.25) is 0 Å². The molecule has 0 aliphatic rings. The highest BCUT2D eigenvalue weighted by atomic mass is 32.2. The van der Waals surface area contributed by atoms with E-state index in [0.717, 1.165) is 24.1 Å². The topological polar surface area (TPSA) is 106 Å². The van der Waals surface area contributed by atoms with Crippen LogP contribution in [0.15, 0.2) is 16.5 Å². The second kappa shape index (κ2) is 6.00. The Morgan fingerprint density at radius 3 is 2.55 bits per heavy atom. The highest BCUT2D eigenvalue weighted by Crippen LogP contribution is 2.29. The van der Waals surface area contributed by atoms with Gasteiger partial charge in [0.1, 0.15) is 17.2 Å². The van der Waals surface area contributed by atoms with Gasteiger partial charge in [0.25, 0.3) is 0 Å². The summed E-state index contributed by atoms with van der Waals surface area (Å²) < 4.78 is 1.79. The SMILES string of the molecule is CCc1nnc(Sc2nncn2C)c(C(=N)N)c1CC. The lowest BCUT2D eigenvalue weighted by atomic mass is 10.0. The van der Waals surface area contributed by atoms with Gasteiger partial charge in [0.05, 0.1) is 11.3 Å². The Morgan fingerprint density at radius 1 is 1.30 bits per heavy atom. The number of aryl methyl sites for hydroxylation is 2. The van der Waals surface area contributed by atoms with Crippen molar-refractivity contribution in [3.63, 3.8) is 0 Å². The van der Waals surface area contributed by atoms with Crippen LogP contribution in [-0.4, -0.2) is 30.8 Å². The van der Waals surface area contributed by atoms with E-state index in [1.165, 1.54) is 11.8 Å². The van der Waals surface area contributed by atoms with Crippen molar-refractivity contribution >= 4 is 17.6 Å². The van der Waals surface area contributed by atoms with Crippen molar-refractivity contribution in [1.29, 1.82) is 5.41 Å². The normalized spacial score (nSPS) is 10.8. The second-order valence-electron chi connectivity index (χ2n) is 4.25. The van der Waals surface area contributed by atoms with Crippen molar-refractivity contribution in [2.45, 2.75) is 36.9 Å². The first kappa shape index (κ1) is 14.4. The summed E-state index contributed by atoms with van der Waals surface area (Å²) in [5.41, 5.74) is 8.28. The van der Waals surface area contributed by atoms with E-state index < -0.39 is 0 Å². The molecule has 0 bridgehead atoms. The molecule has 0 atom stereocenters. The summed E-state index contributed by atoms with van der Waals surface area (Å²) in [6, 6.07) is 0. The predicted molar refractivity (Wildman–Crippen MR) is 76.9 cm³/mol. The van der Waals surface area contributed by atoms with E-state index in [9.17, 15) is 0 Å². The first-order chi connectivity index (χ1) is 9.58. The van der Waals surface area contributed by atoms with Crippen molar-refractivity contribution in [2.24, 2.45) is 12.8 Å². The number of nitrogen functional groups attached to an aromatic ring is 1. The Labute approximate surface area is 121 Å². The molecule has 20 heavy (non-hydrogen) atoms. The lowest BCUT2D eigenvalue weighted by molar-refractivity contribution is 0.778. The molecule has 2 aromatic heterocycles. The molecule has 8 heteroatoms. The molecule has 0 unspecified atom stereocenters. The van der Waals surface area contributed by atoms with E-state index >= 15 is 0 Å². The first-order valence-corrected chi connectivity index (χ1v) is 7.14. The summed E-state index contributed by atoms with van der Waals surface area (Å²) >= 11 is 1.32. The molecule has 3 N–H and O–H groups in total. The first-order valence-electron chi connectivity index (χ1n) is 6.33. The molecule has 2 aromatic rings. The Kier molecular flexibility index (Phi) is 4.33. The smallest absolute Gasteiger partial charge is 0.197 e. The number of nitrogens with one attached hydrogen (secondary N) is 1. The van der Waals surface area contributed by atoms with E-state index in [1.54, 1.807) is 10.9 Å². The zero-order valence-electron chi connectivity index (χ0n) is 11.7. The van der Waals surface area contributed by atoms with E-state index in [-0.39, 0.29) is 5.84 Å². The summed E-state index contributed by atoms with van der Waals surface area (Å²) in [5.74, 6) is 0.0103. The van der Waals surface area contributed by atoms with E-state index in [2.05, 4.69) is 20.4 Å². The number of hydrogen-bond acceptors (Lipinski definition) is 6. The molecule has 0 aliphatic carbocycles. The summed E-state index contributed by atoms with van der Waals surface area (Å²) in [4.78, 5) is 0. The Morgan fingerprint density at radius 2 is 2.05 bits per heavy atom. The standard InChI is InChI=1S/C12H17N7S/c1-4-7-8(5-2)16-17-11(9(7)10(13)14)20-12-18-15-6-19(12)3/h6H,4-5H2,1-3H3,(H3,13,14). The summed E-state index contributed by atoms with van der Waals surface area (Å²) in [6.07, 6.45) is 3.15. The van der Waals surface area contributed by atoms with Gasteiger partial charge in [-0.05, 0) is 30.2 Å². The predicted octanol–water partition coefficient (Wildman–Crippen LogP) is 1.17. The van der Waals surface area contributed by atoms with Crippen LogP contribution in [0.3, 0.4) is 0 Å². The third kappa shape index (κ3) is 2.64. The van der Waals surface area contributed by atoms with Crippen LogP contribution in [0.4, 0.5) is 0 Å². The second-order valence-corrected chi connectivity index (χ2v) is 5.21. The van der Waals surface area contributed by atoms with Crippen LogP contribution in [-0.2, 0) is 19.9 Å². The van der Waals surface area contributed by atoms with Gasteiger partial charge in [-0.1, -0.05) is 13.8 Å². The van der Waals surface area contributed by atoms with Gasteiger partial charge in [-0.3, -0.25) is 5.41 Å². The maximum atomic E-state index is 7.83. The lowest BCUT2D eigenvalue weighted by Gasteiger charge is -2.13. The fourth-order valence-corrected chi connectivity index (χ4v) is 2.82. The Balaban J connectivity index is 2.53. The Bertz CT molecular complexity index is 635. The van der Waals surface area contributed by atoms with Crippen LogP contribution >= 0.6 is 11.8 Å². The van der Waals surface area contributed by atoms with E-state index in [4.69, 9.17) is 11.1 Å². The molecule has 0 aliphatic heterocycles. The molecular weight excluding hydrogens is 274 g/mol. The van der Waals surface area contributed by atoms with Crippen molar-refractivity contribution in [2.75, 3.05) is 0 Å². The molecule has 106 valence electrons. The highest BCUT2D eigenvalue weighted by molar-refractivity contribution is 7.99. The molecule has 0 spiro atoms. The molecule has 0 amide bonds. The maximum absolute atomic E-state index is 7.83. The number of rotatable bonds is 5. The summed E-state index contributed by atoms with van der Waals surface area (Å²) in [5, 5.41) is 25.4. The van der Waals surface area contributed by atoms with Gasteiger partial charge in [0.2, 0.25) is 0 Å². The molecular formula is C12H17N7S.